The van der Waals surface area contributed by atoms with Crippen molar-refractivity contribution in [3.8, 4) is 17.2 Å². The minimum Gasteiger partial charge on any atom is -0.460 e. The van der Waals surface area contributed by atoms with E-state index in [1.165, 1.54) is 30.5 Å². The van der Waals surface area contributed by atoms with E-state index in [1.54, 1.807) is 12.1 Å². The molecule has 0 N–H and O–H groups in total. The van der Waals surface area contributed by atoms with Crippen LogP contribution in [0.25, 0.3) is 11.0 Å². The van der Waals surface area contributed by atoms with Crippen molar-refractivity contribution in [2.75, 3.05) is 0 Å². The average Bonchev–Trinajstić information content (AvgIpc) is 2.75. The van der Waals surface area contributed by atoms with E-state index < -0.39 is 10.9 Å². The third-order valence-electron chi connectivity index (χ3n) is 4.53. The van der Waals surface area contributed by atoms with E-state index in [0.717, 1.165) is 17.7 Å². The lowest BCUT2D eigenvalue weighted by Gasteiger charge is -2.08. The van der Waals surface area contributed by atoms with Gasteiger partial charge in [-0.15, -0.1) is 0 Å². The van der Waals surface area contributed by atoms with Crippen molar-refractivity contribution >= 4 is 34.2 Å². The van der Waals surface area contributed by atoms with Crippen molar-refractivity contribution in [2.24, 2.45) is 0 Å². The summed E-state index contributed by atoms with van der Waals surface area (Å²) >= 11 is 5.97. The van der Waals surface area contributed by atoms with Crippen molar-refractivity contribution in [3.05, 3.63) is 103 Å². The zero-order chi connectivity index (χ0) is 22.8. The van der Waals surface area contributed by atoms with Gasteiger partial charge in [-0.1, -0.05) is 23.7 Å². The summed E-state index contributed by atoms with van der Waals surface area (Å²) in [6, 6.07) is 14.9. The van der Waals surface area contributed by atoms with Crippen LogP contribution in [0.15, 0.2) is 76.1 Å². The lowest BCUT2D eigenvalue weighted by atomic mass is 10.2. The standard InChI is InChI=1S/C23H14ClNO7/c1-13-3-2-4-15(9-13)31-21-12-30-20-11-16(6-8-18(20)22(21)26)32-23(27)17-7-5-14(25(28)29)10-19(17)24/h2-12H,1H3. The Morgan fingerprint density at radius 3 is 2.59 bits per heavy atom. The second-order valence-corrected chi connectivity index (χ2v) is 7.22. The molecule has 0 saturated carbocycles. The van der Waals surface area contributed by atoms with Gasteiger partial charge in [0.1, 0.15) is 23.3 Å². The molecule has 1 aromatic heterocycles. The lowest BCUT2D eigenvalue weighted by molar-refractivity contribution is -0.384. The number of nitrogens with zero attached hydrogens (tertiary/aromatic N) is 1. The molecule has 0 bridgehead atoms. The molecule has 0 spiro atoms. The third kappa shape index (κ3) is 4.30. The van der Waals surface area contributed by atoms with Gasteiger partial charge in [0.25, 0.3) is 5.69 Å². The van der Waals surface area contributed by atoms with Crippen LogP contribution in [0.3, 0.4) is 0 Å². The number of hydrogen-bond acceptors (Lipinski definition) is 7. The largest absolute Gasteiger partial charge is 0.460 e. The maximum Gasteiger partial charge on any atom is 0.345 e. The minimum absolute atomic E-state index is 0.0190. The van der Waals surface area contributed by atoms with Gasteiger partial charge in [-0.25, -0.2) is 4.79 Å². The number of carbonyl (C=O) groups is 1. The smallest absolute Gasteiger partial charge is 0.345 e. The molecule has 0 aliphatic carbocycles. The Balaban J connectivity index is 1.58. The SMILES string of the molecule is Cc1cccc(Oc2coc3cc(OC(=O)c4ccc([N+](=O)[O-])cc4Cl)ccc3c2=O)c1. The highest BCUT2D eigenvalue weighted by atomic mass is 35.5. The second-order valence-electron chi connectivity index (χ2n) is 6.82. The fourth-order valence-electron chi connectivity index (χ4n) is 2.98. The minimum atomic E-state index is -0.814. The predicted octanol–water partition coefficient (Wildman–Crippen LogP) is 5.67. The number of fused-ring (bicyclic) bond motifs is 1. The number of carbonyl (C=O) groups excluding carboxylic acids is 1. The van der Waals surface area contributed by atoms with Crippen molar-refractivity contribution in [3.63, 3.8) is 0 Å². The molecule has 0 amide bonds. The highest BCUT2D eigenvalue weighted by Crippen LogP contribution is 2.27. The third-order valence-corrected chi connectivity index (χ3v) is 4.84. The van der Waals surface area contributed by atoms with Crippen molar-refractivity contribution in [2.45, 2.75) is 6.92 Å². The number of aryl methyl sites for hydroxylation is 1. The fourth-order valence-corrected chi connectivity index (χ4v) is 3.23. The zero-order valence-electron chi connectivity index (χ0n) is 16.5. The van der Waals surface area contributed by atoms with E-state index in [-0.39, 0.29) is 44.2 Å². The first kappa shape index (κ1) is 21.1. The number of benzene rings is 3. The molecule has 0 saturated heterocycles. The maximum absolute atomic E-state index is 12.7. The Labute approximate surface area is 185 Å². The number of esters is 1. The normalized spacial score (nSPS) is 10.7. The molecule has 1 heterocycles. The average molecular weight is 452 g/mol. The number of nitro benzene ring substituents is 1. The summed E-state index contributed by atoms with van der Waals surface area (Å²) in [6.07, 6.45) is 1.19. The van der Waals surface area contributed by atoms with Crippen LogP contribution in [0.2, 0.25) is 5.02 Å². The second kappa shape index (κ2) is 8.52. The van der Waals surface area contributed by atoms with Gasteiger partial charge < -0.3 is 13.9 Å². The summed E-state index contributed by atoms with van der Waals surface area (Å²) < 4.78 is 16.4. The van der Waals surface area contributed by atoms with Gasteiger partial charge in [0.2, 0.25) is 11.2 Å². The van der Waals surface area contributed by atoms with Gasteiger partial charge in [0.05, 0.1) is 20.9 Å². The number of non-ortho nitro benzene ring substituents is 1. The van der Waals surface area contributed by atoms with E-state index in [9.17, 15) is 19.7 Å². The van der Waals surface area contributed by atoms with Crippen molar-refractivity contribution in [1.29, 1.82) is 0 Å². The number of halogens is 1. The van der Waals surface area contributed by atoms with E-state index >= 15 is 0 Å². The van der Waals surface area contributed by atoms with Crippen LogP contribution in [0.5, 0.6) is 17.2 Å². The summed E-state index contributed by atoms with van der Waals surface area (Å²) in [7, 11) is 0. The summed E-state index contributed by atoms with van der Waals surface area (Å²) in [5.74, 6) is -0.189. The molecular formula is C23H14ClNO7. The molecule has 160 valence electrons. The monoisotopic (exact) mass is 451 g/mol. The Morgan fingerprint density at radius 2 is 1.88 bits per heavy atom. The Morgan fingerprint density at radius 1 is 1.06 bits per heavy atom. The number of ether oxygens (including phenoxy) is 2. The van der Waals surface area contributed by atoms with Crippen LogP contribution in [0.1, 0.15) is 15.9 Å². The molecule has 0 aliphatic heterocycles. The summed E-state index contributed by atoms with van der Waals surface area (Å²) in [6.45, 7) is 1.91. The highest BCUT2D eigenvalue weighted by Gasteiger charge is 2.18. The maximum atomic E-state index is 12.7. The molecule has 0 unspecified atom stereocenters. The van der Waals surface area contributed by atoms with Crippen LogP contribution in [-0.2, 0) is 0 Å². The van der Waals surface area contributed by atoms with Gasteiger partial charge in [-0.05, 0) is 42.8 Å². The molecule has 4 aromatic rings. The molecule has 32 heavy (non-hydrogen) atoms. The molecule has 3 aromatic carbocycles. The fraction of sp³-hybridized carbons (Fsp3) is 0.0435. The van der Waals surface area contributed by atoms with Gasteiger partial charge in [0, 0.05) is 18.2 Å². The van der Waals surface area contributed by atoms with Crippen molar-refractivity contribution in [1.82, 2.24) is 0 Å². The lowest BCUT2D eigenvalue weighted by Crippen LogP contribution is -2.10. The summed E-state index contributed by atoms with van der Waals surface area (Å²) in [5, 5.41) is 10.9. The first-order valence-corrected chi connectivity index (χ1v) is 9.66. The molecule has 0 radical (unpaired) electrons. The topological polar surface area (TPSA) is 109 Å². The predicted molar refractivity (Wildman–Crippen MR) is 117 cm³/mol. The Hall–Kier alpha value is -4.17. The molecule has 0 atom stereocenters. The van der Waals surface area contributed by atoms with E-state index in [2.05, 4.69) is 0 Å². The molecule has 8 nitrogen and oxygen atoms in total. The Kier molecular flexibility index (Phi) is 5.61. The van der Waals surface area contributed by atoms with Crippen LogP contribution in [0, 0.1) is 17.0 Å². The van der Waals surface area contributed by atoms with Crippen LogP contribution in [-0.4, -0.2) is 10.9 Å². The highest BCUT2D eigenvalue weighted by molar-refractivity contribution is 6.33. The van der Waals surface area contributed by atoms with E-state index in [4.69, 9.17) is 25.5 Å². The summed E-state index contributed by atoms with van der Waals surface area (Å²) in [4.78, 5) is 35.3. The number of nitro groups is 1. The molecule has 0 fully saturated rings. The quantitative estimate of drug-likeness (QED) is 0.166. The first-order valence-electron chi connectivity index (χ1n) is 9.28. The van der Waals surface area contributed by atoms with Gasteiger partial charge >= 0.3 is 5.97 Å². The van der Waals surface area contributed by atoms with Gasteiger partial charge in [0.15, 0.2) is 0 Å². The van der Waals surface area contributed by atoms with Crippen LogP contribution < -0.4 is 14.9 Å². The van der Waals surface area contributed by atoms with Gasteiger partial charge in [-0.3, -0.25) is 14.9 Å². The molecule has 0 aliphatic rings. The Bertz CT molecular complexity index is 1430. The molecular weight excluding hydrogens is 438 g/mol. The van der Waals surface area contributed by atoms with E-state index in [0.29, 0.717) is 5.75 Å². The van der Waals surface area contributed by atoms with Crippen LogP contribution in [0.4, 0.5) is 5.69 Å². The van der Waals surface area contributed by atoms with E-state index in [1.807, 2.05) is 19.1 Å². The molecule has 9 heteroatoms. The molecule has 4 rings (SSSR count). The number of rotatable bonds is 5. The number of hydrogen-bond donors (Lipinski definition) is 0. The van der Waals surface area contributed by atoms with Crippen LogP contribution >= 0.6 is 11.6 Å². The van der Waals surface area contributed by atoms with Crippen molar-refractivity contribution < 1.29 is 23.6 Å². The first-order chi connectivity index (χ1) is 15.3. The summed E-state index contributed by atoms with van der Waals surface area (Å²) in [5.41, 5.74) is 0.492. The van der Waals surface area contributed by atoms with Gasteiger partial charge in [-0.2, -0.15) is 0 Å². The zero-order valence-corrected chi connectivity index (χ0v) is 17.3.